The van der Waals surface area contributed by atoms with E-state index in [0.717, 1.165) is 10.4 Å². The van der Waals surface area contributed by atoms with Gasteiger partial charge in [-0.2, -0.15) is 0 Å². The van der Waals surface area contributed by atoms with Crippen LogP contribution in [-0.4, -0.2) is 60.2 Å². The number of hydrogen-bond donors (Lipinski definition) is 2. The Morgan fingerprint density at radius 2 is 1.55 bits per heavy atom. The Balaban J connectivity index is 1.61. The van der Waals surface area contributed by atoms with Gasteiger partial charge in [-0.1, -0.05) is 97.8 Å². The number of azide groups is 1. The number of aliphatic hydroxyl groups is 1. The number of esters is 1. The predicted octanol–water partition coefficient (Wildman–Crippen LogP) is 4.65. The number of hydrogen-bond acceptors (Lipinski definition) is 7. The van der Waals surface area contributed by atoms with Crippen molar-refractivity contribution in [3.05, 3.63) is 107 Å². The summed E-state index contributed by atoms with van der Waals surface area (Å²) in [6.45, 7) is 4.10. The lowest BCUT2D eigenvalue weighted by atomic mass is 9.92. The number of ether oxygens (including phenoxy) is 2. The summed E-state index contributed by atoms with van der Waals surface area (Å²) in [5, 5.41) is 16.5. The third-order valence-electron chi connectivity index (χ3n) is 7.73. The molecule has 3 aromatic carbocycles. The molecule has 1 heterocycles. The summed E-state index contributed by atoms with van der Waals surface area (Å²) in [6.07, 6.45) is -0.306. The van der Waals surface area contributed by atoms with Gasteiger partial charge in [-0.25, -0.2) is 4.79 Å². The van der Waals surface area contributed by atoms with Crippen LogP contribution in [-0.2, 0) is 9.47 Å². The van der Waals surface area contributed by atoms with E-state index in [9.17, 15) is 20.2 Å². The topological polar surface area (TPSA) is 125 Å². The van der Waals surface area contributed by atoms with Crippen LogP contribution < -0.4 is 10.4 Å². The van der Waals surface area contributed by atoms with Gasteiger partial charge < -0.3 is 19.4 Å². The van der Waals surface area contributed by atoms with Gasteiger partial charge in [0.05, 0.1) is 11.7 Å². The number of thioether (sulfide) groups is 1. The second-order valence-corrected chi connectivity index (χ2v) is 15.4. The molecule has 0 bridgehead atoms. The molecule has 0 radical (unpaired) electrons. The zero-order valence-corrected chi connectivity index (χ0v) is 24.6. The minimum absolute atomic E-state index is 0.334. The molecule has 5 atom stereocenters. The monoisotopic (exact) mass is 577 g/mol. The molecule has 2 unspecified atom stereocenters. The second kappa shape index (κ2) is 13.0. The third kappa shape index (κ3) is 6.12. The van der Waals surface area contributed by atoms with Crippen molar-refractivity contribution < 1.29 is 24.2 Å². The zero-order chi connectivity index (χ0) is 28.8. The van der Waals surface area contributed by atoms with Crippen molar-refractivity contribution in [2.24, 2.45) is 5.11 Å². The number of benzene rings is 3. The number of carbonyl (C=O) groups excluding carboxylic acids is 1. The van der Waals surface area contributed by atoms with E-state index in [1.807, 2.05) is 66.9 Å². The quantitative estimate of drug-likeness (QED) is 0.119. The molecular weight excluding hydrogens is 542 g/mol. The molecule has 1 aliphatic rings. The Morgan fingerprint density at radius 1 is 1.02 bits per heavy atom. The maximum atomic E-state index is 12.9. The average molecular weight is 578 g/mol. The van der Waals surface area contributed by atoms with E-state index in [1.54, 1.807) is 30.3 Å². The van der Waals surface area contributed by atoms with Crippen LogP contribution in [0.25, 0.3) is 10.4 Å². The van der Waals surface area contributed by atoms with Crippen LogP contribution in [0, 0.1) is 0 Å². The van der Waals surface area contributed by atoms with E-state index in [-0.39, 0.29) is 0 Å². The van der Waals surface area contributed by atoms with Gasteiger partial charge in [0.2, 0.25) is 0 Å². The molecule has 0 saturated carbocycles. The lowest BCUT2D eigenvalue weighted by Gasteiger charge is -2.45. The summed E-state index contributed by atoms with van der Waals surface area (Å²) in [7, 11) is -3.27. The predicted molar refractivity (Wildman–Crippen MR) is 160 cm³/mol. The van der Waals surface area contributed by atoms with Crippen LogP contribution in [0.4, 0.5) is 0 Å². The third-order valence-corrected chi connectivity index (χ3v) is 13.1. The van der Waals surface area contributed by atoms with E-state index in [2.05, 4.69) is 23.9 Å². The molecule has 0 aliphatic carbocycles. The molecule has 0 spiro atoms. The summed E-state index contributed by atoms with van der Waals surface area (Å²) < 4.78 is 12.0. The maximum Gasteiger partial charge on any atom is 0.338 e. The van der Waals surface area contributed by atoms with Crippen molar-refractivity contribution in [3.63, 3.8) is 0 Å². The number of nitrogens with zero attached hydrogens (tertiary/aromatic N) is 3. The Bertz CT molecular complexity index is 1270. The fourth-order valence-electron chi connectivity index (χ4n) is 5.41. The van der Waals surface area contributed by atoms with E-state index in [0.29, 0.717) is 18.4 Å². The first-order chi connectivity index (χ1) is 19.2. The molecule has 1 aliphatic heterocycles. The molecule has 3 aromatic rings. The molecule has 1 saturated heterocycles. The molecule has 8 nitrogen and oxygen atoms in total. The normalized spacial score (nSPS) is 23.2. The average Bonchev–Trinajstić information content (AvgIpc) is 2.99. The van der Waals surface area contributed by atoms with Gasteiger partial charge in [-0.05, 0) is 52.2 Å². The largest absolute Gasteiger partial charge is 0.455 e. The van der Waals surface area contributed by atoms with Crippen molar-refractivity contribution in [1.29, 1.82) is 0 Å². The van der Waals surface area contributed by atoms with Crippen LogP contribution in [0.3, 0.4) is 0 Å². The van der Waals surface area contributed by atoms with Crippen LogP contribution in [0.2, 0.25) is 5.04 Å². The van der Waals surface area contributed by atoms with Crippen LogP contribution in [0.1, 0.15) is 37.0 Å². The highest BCUT2D eigenvalue weighted by atomic mass is 32.2. The SMILES string of the molecule is CS[C@@H]1OC(CCC(C)(C)[Si](O)(c2ccccc2)c2ccccc2)[C@@H](O)C(OC(=O)c2ccccc2)[C@@H]1N=[N+]=[N-]. The highest BCUT2D eigenvalue weighted by molar-refractivity contribution is 7.99. The molecule has 4 rings (SSSR count). The Kier molecular flexibility index (Phi) is 9.73. The minimum atomic E-state index is -3.27. The smallest absolute Gasteiger partial charge is 0.338 e. The van der Waals surface area contributed by atoms with Gasteiger partial charge in [-0.3, -0.25) is 0 Å². The summed E-state index contributed by atoms with van der Waals surface area (Å²) in [4.78, 5) is 28.4. The van der Waals surface area contributed by atoms with Gasteiger partial charge in [0.25, 0.3) is 8.32 Å². The van der Waals surface area contributed by atoms with E-state index in [1.165, 1.54) is 11.8 Å². The lowest BCUT2D eigenvalue weighted by Crippen LogP contribution is -2.65. The number of carbonyl (C=O) groups is 1. The van der Waals surface area contributed by atoms with Crippen LogP contribution >= 0.6 is 11.8 Å². The van der Waals surface area contributed by atoms with Gasteiger partial charge >= 0.3 is 5.97 Å². The molecule has 40 heavy (non-hydrogen) atoms. The number of rotatable bonds is 10. The molecule has 0 amide bonds. The lowest BCUT2D eigenvalue weighted by molar-refractivity contribution is -0.159. The summed E-state index contributed by atoms with van der Waals surface area (Å²) in [5.74, 6) is -0.612. The van der Waals surface area contributed by atoms with Crippen molar-refractivity contribution in [1.82, 2.24) is 0 Å². The van der Waals surface area contributed by atoms with Crippen LogP contribution in [0.5, 0.6) is 0 Å². The highest BCUT2D eigenvalue weighted by Crippen LogP contribution is 2.42. The van der Waals surface area contributed by atoms with Crippen molar-refractivity contribution in [3.8, 4) is 0 Å². The Labute approximate surface area is 240 Å². The first-order valence-electron chi connectivity index (χ1n) is 13.2. The molecule has 210 valence electrons. The molecule has 2 N–H and O–H groups in total. The minimum Gasteiger partial charge on any atom is -0.455 e. The van der Waals surface area contributed by atoms with E-state index >= 15 is 0 Å². The Hall–Kier alpha value is -3.11. The standard InChI is InChI=1S/C30H35N3O5SSi/c1-30(2,40(36,22-15-9-5-10-16-22)23-17-11-6-12-18-23)20-19-24-26(34)27(25(32-33-31)29(37-24)39-3)38-28(35)21-13-7-4-8-14-21/h4-18,24-27,29,34,36H,19-20H2,1-3H3/t24?,25-,26+,27?,29-/m0/s1. The van der Waals surface area contributed by atoms with Crippen molar-refractivity contribution in [2.75, 3.05) is 6.26 Å². The fraction of sp³-hybridized carbons (Fsp3) is 0.367. The summed E-state index contributed by atoms with van der Waals surface area (Å²) >= 11 is 1.33. The van der Waals surface area contributed by atoms with Gasteiger partial charge in [-0.15, -0.1) is 11.8 Å². The molecule has 1 fully saturated rings. The van der Waals surface area contributed by atoms with Crippen LogP contribution in [0.15, 0.2) is 96.1 Å². The number of aliphatic hydroxyl groups excluding tert-OH is 1. The second-order valence-electron chi connectivity index (χ2n) is 10.6. The van der Waals surface area contributed by atoms with Gasteiger partial charge in [0.15, 0.2) is 0 Å². The Morgan fingerprint density at radius 3 is 2.05 bits per heavy atom. The van der Waals surface area contributed by atoms with Gasteiger partial charge in [0.1, 0.15) is 23.7 Å². The van der Waals surface area contributed by atoms with E-state index < -0.39 is 49.1 Å². The first kappa shape index (κ1) is 29.9. The molecular formula is C30H35N3O5SSi. The molecule has 10 heteroatoms. The zero-order valence-electron chi connectivity index (χ0n) is 22.8. The fourth-order valence-corrected chi connectivity index (χ4v) is 9.91. The molecule has 0 aromatic heterocycles. The highest BCUT2D eigenvalue weighted by Gasteiger charge is 2.52. The van der Waals surface area contributed by atoms with Gasteiger partial charge in [0, 0.05) is 4.91 Å². The first-order valence-corrected chi connectivity index (χ1v) is 16.5. The summed E-state index contributed by atoms with van der Waals surface area (Å²) in [6, 6.07) is 27.1. The maximum absolute atomic E-state index is 12.9. The van der Waals surface area contributed by atoms with Crippen molar-refractivity contribution >= 4 is 36.4 Å². The van der Waals surface area contributed by atoms with Crippen molar-refractivity contribution in [2.45, 2.75) is 61.5 Å². The summed E-state index contributed by atoms with van der Waals surface area (Å²) in [5.41, 5.74) is 8.93. The van der Waals surface area contributed by atoms with E-state index in [4.69, 9.17) is 9.47 Å².